The van der Waals surface area contributed by atoms with E-state index in [0.717, 1.165) is 0 Å². The van der Waals surface area contributed by atoms with E-state index in [1.165, 1.54) is 20.1 Å². The van der Waals surface area contributed by atoms with E-state index < -0.39 is 5.97 Å². The minimum Gasteiger partial charge on any atom is -0.492 e. The van der Waals surface area contributed by atoms with Crippen LogP contribution < -0.4 is 0 Å². The minimum absolute atomic E-state index is 0.0333. The summed E-state index contributed by atoms with van der Waals surface area (Å²) in [6, 6.07) is 0. The summed E-state index contributed by atoms with van der Waals surface area (Å²) in [6.07, 6.45) is 3.06. The average molecular weight is 241 g/mol. The normalized spacial score (nSPS) is 12.1. The standard InChI is InChI=1S/C12H19NO4/c1-6-17-10(8-13(3)4)7-11(9(2)14)12(15)16-5/h7-8H,6H2,1-5H3/b10-8-,11-7-. The number of carbonyl (C=O) groups excluding carboxylic acids is 2. The molecule has 0 N–H and O–H groups in total. The number of esters is 1. The van der Waals surface area contributed by atoms with Crippen LogP contribution in [0.3, 0.4) is 0 Å². The van der Waals surface area contributed by atoms with Crippen molar-refractivity contribution in [1.29, 1.82) is 0 Å². The molecule has 0 saturated heterocycles. The lowest BCUT2D eigenvalue weighted by atomic mass is 10.1. The van der Waals surface area contributed by atoms with Crippen LogP contribution >= 0.6 is 0 Å². The van der Waals surface area contributed by atoms with E-state index in [2.05, 4.69) is 4.74 Å². The molecule has 0 aliphatic rings. The lowest BCUT2D eigenvalue weighted by Crippen LogP contribution is -2.13. The van der Waals surface area contributed by atoms with Crippen LogP contribution in [0.5, 0.6) is 0 Å². The van der Waals surface area contributed by atoms with Gasteiger partial charge in [-0.25, -0.2) is 4.79 Å². The SMILES string of the molecule is CCOC(=C\N(C)C)/C=C(/C(C)=O)C(=O)OC. The first-order chi connectivity index (χ1) is 7.92. The van der Waals surface area contributed by atoms with Gasteiger partial charge in [-0.2, -0.15) is 0 Å². The second-order valence-corrected chi connectivity index (χ2v) is 3.53. The Morgan fingerprint density at radius 2 is 1.88 bits per heavy atom. The van der Waals surface area contributed by atoms with Crippen molar-refractivity contribution in [1.82, 2.24) is 4.90 Å². The Labute approximate surface area is 102 Å². The molecule has 0 aromatic carbocycles. The van der Waals surface area contributed by atoms with Gasteiger partial charge in [0.1, 0.15) is 11.3 Å². The highest BCUT2D eigenvalue weighted by Crippen LogP contribution is 2.08. The van der Waals surface area contributed by atoms with Gasteiger partial charge in [0.05, 0.1) is 13.7 Å². The molecule has 0 aliphatic carbocycles. The van der Waals surface area contributed by atoms with E-state index in [9.17, 15) is 9.59 Å². The number of hydrogen-bond donors (Lipinski definition) is 0. The maximum atomic E-state index is 11.4. The molecule has 0 aromatic heterocycles. The molecule has 0 saturated carbocycles. The molecule has 0 fully saturated rings. The van der Waals surface area contributed by atoms with E-state index in [1.54, 1.807) is 11.1 Å². The van der Waals surface area contributed by atoms with Gasteiger partial charge in [0.2, 0.25) is 0 Å². The van der Waals surface area contributed by atoms with E-state index >= 15 is 0 Å². The number of ether oxygens (including phenoxy) is 2. The molecular formula is C12H19NO4. The molecule has 0 aliphatic heterocycles. The van der Waals surface area contributed by atoms with Gasteiger partial charge < -0.3 is 14.4 Å². The van der Waals surface area contributed by atoms with Gasteiger partial charge in [0.25, 0.3) is 0 Å². The van der Waals surface area contributed by atoms with Crippen molar-refractivity contribution in [3.05, 3.63) is 23.6 Å². The first-order valence-corrected chi connectivity index (χ1v) is 5.24. The zero-order valence-corrected chi connectivity index (χ0v) is 10.9. The smallest absolute Gasteiger partial charge is 0.341 e. The summed E-state index contributed by atoms with van der Waals surface area (Å²) in [5.41, 5.74) is -0.0333. The highest BCUT2D eigenvalue weighted by atomic mass is 16.5. The quantitative estimate of drug-likeness (QED) is 0.174. The molecule has 17 heavy (non-hydrogen) atoms. The Balaban J connectivity index is 5.23. The second-order valence-electron chi connectivity index (χ2n) is 3.53. The fraction of sp³-hybridized carbons (Fsp3) is 0.500. The first-order valence-electron chi connectivity index (χ1n) is 5.24. The lowest BCUT2D eigenvalue weighted by molar-refractivity contribution is -0.137. The van der Waals surface area contributed by atoms with Crippen LogP contribution in [-0.2, 0) is 19.1 Å². The Hall–Kier alpha value is -1.78. The maximum absolute atomic E-state index is 11.4. The monoisotopic (exact) mass is 241 g/mol. The van der Waals surface area contributed by atoms with Crippen molar-refractivity contribution < 1.29 is 19.1 Å². The van der Waals surface area contributed by atoms with E-state index in [0.29, 0.717) is 12.4 Å². The largest absolute Gasteiger partial charge is 0.492 e. The second kappa shape index (κ2) is 7.49. The Kier molecular flexibility index (Phi) is 6.70. The Morgan fingerprint density at radius 1 is 1.29 bits per heavy atom. The summed E-state index contributed by atoms with van der Waals surface area (Å²) in [6.45, 7) is 3.58. The summed E-state index contributed by atoms with van der Waals surface area (Å²) in [7, 11) is 4.87. The van der Waals surface area contributed by atoms with Crippen LogP contribution in [-0.4, -0.2) is 44.5 Å². The molecule has 0 rings (SSSR count). The summed E-state index contributed by atoms with van der Waals surface area (Å²) in [4.78, 5) is 24.4. The highest BCUT2D eigenvalue weighted by Gasteiger charge is 2.15. The van der Waals surface area contributed by atoms with Gasteiger partial charge in [-0.3, -0.25) is 4.79 Å². The molecule has 5 heteroatoms. The fourth-order valence-corrected chi connectivity index (χ4v) is 1.09. The van der Waals surface area contributed by atoms with Crippen LogP contribution in [0, 0.1) is 0 Å². The number of allylic oxidation sites excluding steroid dienone is 1. The van der Waals surface area contributed by atoms with Gasteiger partial charge in [-0.15, -0.1) is 0 Å². The minimum atomic E-state index is -0.665. The predicted octanol–water partition coefficient (Wildman–Crippen LogP) is 1.11. The number of Topliss-reactive ketones (excluding diaryl/α,β-unsaturated/α-hetero) is 1. The molecule has 0 amide bonds. The molecule has 0 heterocycles. The zero-order valence-electron chi connectivity index (χ0n) is 10.9. The van der Waals surface area contributed by atoms with Crippen molar-refractivity contribution in [2.45, 2.75) is 13.8 Å². The third kappa shape index (κ3) is 5.75. The third-order valence-corrected chi connectivity index (χ3v) is 1.77. The number of carbonyl (C=O) groups is 2. The summed E-state index contributed by atoms with van der Waals surface area (Å²) in [5, 5.41) is 0. The summed E-state index contributed by atoms with van der Waals surface area (Å²) < 4.78 is 9.84. The molecule has 0 bridgehead atoms. The first kappa shape index (κ1) is 15.2. The maximum Gasteiger partial charge on any atom is 0.341 e. The highest BCUT2D eigenvalue weighted by molar-refractivity contribution is 6.16. The average Bonchev–Trinajstić information content (AvgIpc) is 2.23. The Bertz CT molecular complexity index is 342. The van der Waals surface area contributed by atoms with Crippen molar-refractivity contribution in [2.75, 3.05) is 27.8 Å². The van der Waals surface area contributed by atoms with E-state index in [-0.39, 0.29) is 11.4 Å². The summed E-state index contributed by atoms with van der Waals surface area (Å²) >= 11 is 0. The van der Waals surface area contributed by atoms with Gasteiger partial charge >= 0.3 is 5.97 Å². The van der Waals surface area contributed by atoms with Gasteiger partial charge in [0, 0.05) is 20.3 Å². The fourth-order valence-electron chi connectivity index (χ4n) is 1.09. The summed E-state index contributed by atoms with van der Waals surface area (Å²) in [5.74, 6) is -0.587. The number of ketones is 1. The lowest BCUT2D eigenvalue weighted by Gasteiger charge is -2.10. The molecule has 0 radical (unpaired) electrons. The van der Waals surface area contributed by atoms with Gasteiger partial charge in [-0.1, -0.05) is 0 Å². The number of rotatable bonds is 6. The van der Waals surface area contributed by atoms with Crippen LogP contribution in [0.4, 0.5) is 0 Å². The topological polar surface area (TPSA) is 55.8 Å². The van der Waals surface area contributed by atoms with Gasteiger partial charge in [0.15, 0.2) is 5.78 Å². The van der Waals surface area contributed by atoms with Crippen LogP contribution in [0.15, 0.2) is 23.6 Å². The predicted molar refractivity (Wildman–Crippen MR) is 64.2 cm³/mol. The van der Waals surface area contributed by atoms with Crippen molar-refractivity contribution in [3.8, 4) is 0 Å². The van der Waals surface area contributed by atoms with Crippen LogP contribution in [0.1, 0.15) is 13.8 Å². The van der Waals surface area contributed by atoms with Crippen LogP contribution in [0.2, 0.25) is 0 Å². The zero-order chi connectivity index (χ0) is 13.4. The van der Waals surface area contributed by atoms with Gasteiger partial charge in [-0.05, 0) is 19.9 Å². The molecule has 5 nitrogen and oxygen atoms in total. The number of hydrogen-bond acceptors (Lipinski definition) is 5. The van der Waals surface area contributed by atoms with Crippen LogP contribution in [0.25, 0.3) is 0 Å². The van der Waals surface area contributed by atoms with Crippen molar-refractivity contribution in [2.24, 2.45) is 0 Å². The number of methoxy groups -OCH3 is 1. The molecule has 0 unspecified atom stereocenters. The molecule has 0 spiro atoms. The molecule has 0 aromatic rings. The number of nitrogens with zero attached hydrogens (tertiary/aromatic N) is 1. The molecule has 96 valence electrons. The van der Waals surface area contributed by atoms with E-state index in [1.807, 2.05) is 21.0 Å². The van der Waals surface area contributed by atoms with Crippen molar-refractivity contribution in [3.63, 3.8) is 0 Å². The third-order valence-electron chi connectivity index (χ3n) is 1.77. The molecule has 0 atom stereocenters. The van der Waals surface area contributed by atoms with E-state index in [4.69, 9.17) is 4.74 Å². The Morgan fingerprint density at radius 3 is 2.24 bits per heavy atom. The molecular weight excluding hydrogens is 222 g/mol. The van der Waals surface area contributed by atoms with Crippen molar-refractivity contribution >= 4 is 11.8 Å².